The molecule has 1 aromatic carbocycles. The van der Waals surface area contributed by atoms with Gasteiger partial charge in [0.2, 0.25) is 0 Å². The lowest BCUT2D eigenvalue weighted by molar-refractivity contribution is 0.341. The normalized spacial score (nSPS) is 12.2. The van der Waals surface area contributed by atoms with Gasteiger partial charge >= 0.3 is 0 Å². The van der Waals surface area contributed by atoms with Gasteiger partial charge in [0.25, 0.3) is 5.56 Å². The summed E-state index contributed by atoms with van der Waals surface area (Å²) in [5, 5.41) is 4.30. The topological polar surface area (TPSA) is 70.1 Å². The molecule has 0 amide bonds. The van der Waals surface area contributed by atoms with Crippen molar-refractivity contribution in [1.29, 1.82) is 0 Å². The van der Waals surface area contributed by atoms with Crippen LogP contribution in [0, 0.1) is 0 Å². The second kappa shape index (κ2) is 5.88. The molecule has 0 spiro atoms. The van der Waals surface area contributed by atoms with E-state index in [1.54, 1.807) is 20.0 Å². The molecule has 0 saturated heterocycles. The van der Waals surface area contributed by atoms with Crippen LogP contribution in [0.1, 0.15) is 25.5 Å². The molecule has 0 aliphatic heterocycles. The summed E-state index contributed by atoms with van der Waals surface area (Å²) in [7, 11) is 1.63. The Kier molecular flexibility index (Phi) is 4.20. The number of hydrogen-bond donors (Lipinski definition) is 1. The molecule has 0 fully saturated rings. The Morgan fingerprint density at radius 1 is 1.40 bits per heavy atom. The number of nitrogens with zero attached hydrogens (tertiary/aromatic N) is 2. The molecule has 1 atom stereocenters. The summed E-state index contributed by atoms with van der Waals surface area (Å²) >= 11 is 0. The van der Waals surface area contributed by atoms with E-state index in [0.717, 1.165) is 11.3 Å². The summed E-state index contributed by atoms with van der Waals surface area (Å²) in [6, 6.07) is 9.03. The Labute approximate surface area is 118 Å². The van der Waals surface area contributed by atoms with Crippen LogP contribution in [0.2, 0.25) is 0 Å². The minimum Gasteiger partial charge on any atom is -0.493 e. The third kappa shape index (κ3) is 2.72. The quantitative estimate of drug-likeness (QED) is 0.923. The van der Waals surface area contributed by atoms with Crippen LogP contribution in [0.25, 0.3) is 11.3 Å². The molecule has 5 heteroatoms. The third-order valence-corrected chi connectivity index (χ3v) is 3.04. The molecule has 0 aliphatic carbocycles. The minimum absolute atomic E-state index is 0.169. The van der Waals surface area contributed by atoms with Gasteiger partial charge in [-0.3, -0.25) is 4.79 Å². The first-order valence-corrected chi connectivity index (χ1v) is 6.60. The van der Waals surface area contributed by atoms with Gasteiger partial charge in [0.1, 0.15) is 5.75 Å². The molecule has 0 bridgehead atoms. The highest BCUT2D eigenvalue weighted by molar-refractivity contribution is 5.67. The zero-order chi connectivity index (χ0) is 14.7. The fourth-order valence-electron chi connectivity index (χ4n) is 2.05. The lowest BCUT2D eigenvalue weighted by Crippen LogP contribution is -2.27. The molecule has 20 heavy (non-hydrogen) atoms. The van der Waals surface area contributed by atoms with E-state index >= 15 is 0 Å². The van der Waals surface area contributed by atoms with E-state index in [2.05, 4.69) is 5.10 Å². The fourth-order valence-corrected chi connectivity index (χ4v) is 2.05. The van der Waals surface area contributed by atoms with Crippen molar-refractivity contribution in [3.63, 3.8) is 0 Å². The monoisotopic (exact) mass is 273 g/mol. The summed E-state index contributed by atoms with van der Waals surface area (Å²) in [4.78, 5) is 12.0. The summed E-state index contributed by atoms with van der Waals surface area (Å²) in [6.45, 7) is 4.29. The predicted octanol–water partition coefficient (Wildman–Crippen LogP) is 1.87. The summed E-state index contributed by atoms with van der Waals surface area (Å²) in [5.74, 6) is 0.747. The Bertz CT molecular complexity index is 662. The van der Waals surface area contributed by atoms with E-state index in [-0.39, 0.29) is 11.6 Å². The molecule has 2 rings (SSSR count). The van der Waals surface area contributed by atoms with Crippen LogP contribution in [-0.2, 0) is 7.05 Å². The Morgan fingerprint density at radius 3 is 2.75 bits per heavy atom. The van der Waals surface area contributed by atoms with Crippen LogP contribution in [0.4, 0.5) is 0 Å². The zero-order valence-electron chi connectivity index (χ0n) is 12.0. The van der Waals surface area contributed by atoms with Crippen molar-refractivity contribution in [3.8, 4) is 17.0 Å². The number of nitrogens with two attached hydrogens (primary N) is 1. The molecule has 2 N–H and O–H groups in total. The number of ether oxygens (including phenoxy) is 1. The predicted molar refractivity (Wildman–Crippen MR) is 78.7 cm³/mol. The van der Waals surface area contributed by atoms with Gasteiger partial charge in [0.05, 0.1) is 12.3 Å². The SMILES string of the molecule is CCOc1ccccc1-c1cc(C(C)N)c(=O)n(C)n1. The number of rotatable bonds is 4. The molecular formula is C15H19N3O2. The van der Waals surface area contributed by atoms with Crippen molar-refractivity contribution in [3.05, 3.63) is 46.2 Å². The van der Waals surface area contributed by atoms with Gasteiger partial charge in [-0.15, -0.1) is 0 Å². The molecule has 1 unspecified atom stereocenters. The van der Waals surface area contributed by atoms with Crippen LogP contribution in [0.15, 0.2) is 35.1 Å². The molecule has 2 aromatic rings. The zero-order valence-corrected chi connectivity index (χ0v) is 12.0. The molecule has 106 valence electrons. The van der Waals surface area contributed by atoms with Crippen molar-refractivity contribution < 1.29 is 4.74 Å². The average molecular weight is 273 g/mol. The highest BCUT2D eigenvalue weighted by Crippen LogP contribution is 2.28. The van der Waals surface area contributed by atoms with Crippen molar-refractivity contribution in [2.75, 3.05) is 6.61 Å². The van der Waals surface area contributed by atoms with Crippen LogP contribution < -0.4 is 16.0 Å². The van der Waals surface area contributed by atoms with E-state index in [4.69, 9.17) is 10.5 Å². The first-order valence-electron chi connectivity index (χ1n) is 6.60. The molecular weight excluding hydrogens is 254 g/mol. The van der Waals surface area contributed by atoms with Crippen LogP contribution in [0.5, 0.6) is 5.75 Å². The van der Waals surface area contributed by atoms with E-state index in [9.17, 15) is 4.79 Å². The van der Waals surface area contributed by atoms with Gasteiger partial charge in [0, 0.05) is 24.2 Å². The number of para-hydroxylation sites is 1. The van der Waals surface area contributed by atoms with Crippen LogP contribution >= 0.6 is 0 Å². The standard InChI is InChI=1S/C15H19N3O2/c1-4-20-14-8-6-5-7-11(14)13-9-12(10(2)16)15(19)18(3)17-13/h5-10H,4,16H2,1-3H3. The highest BCUT2D eigenvalue weighted by Gasteiger charge is 2.13. The lowest BCUT2D eigenvalue weighted by Gasteiger charge is -2.12. The van der Waals surface area contributed by atoms with Crippen LogP contribution in [-0.4, -0.2) is 16.4 Å². The maximum Gasteiger partial charge on any atom is 0.271 e. The summed E-state index contributed by atoms with van der Waals surface area (Å²) < 4.78 is 6.92. The summed E-state index contributed by atoms with van der Waals surface area (Å²) in [5.41, 5.74) is 7.77. The molecule has 5 nitrogen and oxygen atoms in total. The van der Waals surface area contributed by atoms with E-state index in [0.29, 0.717) is 17.9 Å². The van der Waals surface area contributed by atoms with Crippen molar-refractivity contribution in [2.24, 2.45) is 12.8 Å². The van der Waals surface area contributed by atoms with Gasteiger partial charge in [-0.25, -0.2) is 4.68 Å². The smallest absolute Gasteiger partial charge is 0.271 e. The Morgan fingerprint density at radius 2 is 2.10 bits per heavy atom. The number of benzene rings is 1. The van der Waals surface area contributed by atoms with Crippen LogP contribution in [0.3, 0.4) is 0 Å². The maximum absolute atomic E-state index is 12.0. The van der Waals surface area contributed by atoms with Crippen molar-refractivity contribution in [1.82, 2.24) is 9.78 Å². The second-order valence-corrected chi connectivity index (χ2v) is 4.63. The van der Waals surface area contributed by atoms with E-state index in [1.807, 2.05) is 31.2 Å². The largest absolute Gasteiger partial charge is 0.493 e. The van der Waals surface area contributed by atoms with Gasteiger partial charge < -0.3 is 10.5 Å². The Balaban J connectivity index is 2.62. The van der Waals surface area contributed by atoms with E-state index in [1.165, 1.54) is 4.68 Å². The molecule has 0 aliphatic rings. The Hall–Kier alpha value is -2.14. The molecule has 1 heterocycles. The summed E-state index contributed by atoms with van der Waals surface area (Å²) in [6.07, 6.45) is 0. The van der Waals surface area contributed by atoms with E-state index < -0.39 is 0 Å². The third-order valence-electron chi connectivity index (χ3n) is 3.04. The fraction of sp³-hybridized carbons (Fsp3) is 0.333. The van der Waals surface area contributed by atoms with Gasteiger partial charge in [-0.1, -0.05) is 12.1 Å². The van der Waals surface area contributed by atoms with Gasteiger partial charge in [-0.2, -0.15) is 5.10 Å². The first-order chi connectivity index (χ1) is 9.54. The highest BCUT2D eigenvalue weighted by atomic mass is 16.5. The maximum atomic E-state index is 12.0. The second-order valence-electron chi connectivity index (χ2n) is 4.63. The molecule has 0 saturated carbocycles. The molecule has 0 radical (unpaired) electrons. The lowest BCUT2D eigenvalue weighted by atomic mass is 10.1. The number of hydrogen-bond acceptors (Lipinski definition) is 4. The van der Waals surface area contributed by atoms with Crippen molar-refractivity contribution >= 4 is 0 Å². The number of aromatic nitrogens is 2. The average Bonchev–Trinajstić information content (AvgIpc) is 2.42. The minimum atomic E-state index is -0.338. The number of aryl methyl sites for hydroxylation is 1. The van der Waals surface area contributed by atoms with Crippen molar-refractivity contribution in [2.45, 2.75) is 19.9 Å². The van der Waals surface area contributed by atoms with Gasteiger partial charge in [-0.05, 0) is 32.0 Å². The molecule has 1 aromatic heterocycles. The first kappa shape index (κ1) is 14.3. The van der Waals surface area contributed by atoms with Gasteiger partial charge in [0.15, 0.2) is 0 Å².